The van der Waals surface area contributed by atoms with Gasteiger partial charge in [0.05, 0.1) is 6.04 Å². The van der Waals surface area contributed by atoms with Gasteiger partial charge in [-0.2, -0.15) is 0 Å². The number of aryl methyl sites for hydroxylation is 1. The second-order valence-electron chi connectivity index (χ2n) is 6.89. The van der Waals surface area contributed by atoms with Gasteiger partial charge in [0.1, 0.15) is 6.10 Å². The Morgan fingerprint density at radius 2 is 2.00 bits per heavy atom. The highest BCUT2D eigenvalue weighted by Gasteiger charge is 2.19. The van der Waals surface area contributed by atoms with Crippen LogP contribution in [0, 0.1) is 5.92 Å². The van der Waals surface area contributed by atoms with E-state index in [2.05, 4.69) is 30.5 Å². The van der Waals surface area contributed by atoms with Gasteiger partial charge in [0.25, 0.3) is 0 Å². The predicted molar refractivity (Wildman–Crippen MR) is 94.8 cm³/mol. The average molecular weight is 332 g/mol. The third-order valence-corrected chi connectivity index (χ3v) is 4.32. The first-order chi connectivity index (χ1) is 11.4. The summed E-state index contributed by atoms with van der Waals surface area (Å²) in [4.78, 5) is 23.7. The highest BCUT2D eigenvalue weighted by atomic mass is 16.5. The van der Waals surface area contributed by atoms with Gasteiger partial charge in [-0.05, 0) is 49.8 Å². The molecule has 0 saturated heterocycles. The lowest BCUT2D eigenvalue weighted by Crippen LogP contribution is -2.36. The van der Waals surface area contributed by atoms with Gasteiger partial charge >= 0.3 is 0 Å². The number of ether oxygens (including phenoxy) is 1. The Bertz CT molecular complexity index is 598. The minimum Gasteiger partial charge on any atom is -0.369 e. The molecule has 132 valence electrons. The lowest BCUT2D eigenvalue weighted by molar-refractivity contribution is -0.132. The van der Waals surface area contributed by atoms with Gasteiger partial charge in [-0.1, -0.05) is 26.0 Å². The largest absolute Gasteiger partial charge is 0.369 e. The van der Waals surface area contributed by atoms with Gasteiger partial charge in [-0.3, -0.25) is 9.59 Å². The van der Waals surface area contributed by atoms with E-state index in [4.69, 9.17) is 4.74 Å². The molecule has 1 aliphatic rings. The van der Waals surface area contributed by atoms with Gasteiger partial charge in [0.2, 0.25) is 11.8 Å². The number of fused-ring (bicyclic) bond motifs is 1. The number of hydrogen-bond donors (Lipinski definition) is 2. The van der Waals surface area contributed by atoms with Gasteiger partial charge < -0.3 is 15.4 Å². The van der Waals surface area contributed by atoms with E-state index in [1.54, 1.807) is 6.92 Å². The Kier molecular flexibility index (Phi) is 6.37. The van der Waals surface area contributed by atoms with E-state index in [0.29, 0.717) is 18.9 Å². The molecule has 0 spiro atoms. The van der Waals surface area contributed by atoms with Crippen LogP contribution in [0.1, 0.15) is 57.7 Å². The monoisotopic (exact) mass is 332 g/mol. The lowest BCUT2D eigenvalue weighted by atomic mass is 9.97. The standard InChI is InChI=1S/C19H28N2O3/c1-12(2)9-10-24-14(4)19(23)20-13(3)15-5-7-17-16(11-15)6-8-18(22)21-17/h5,7,11-14H,6,8-10H2,1-4H3,(H,20,23)(H,21,22)/t13-,14+/m0/s1. The van der Waals surface area contributed by atoms with Crippen LogP contribution in [0.4, 0.5) is 5.69 Å². The van der Waals surface area contributed by atoms with Crippen molar-refractivity contribution in [1.29, 1.82) is 0 Å². The first-order valence-electron chi connectivity index (χ1n) is 8.71. The molecule has 0 aliphatic carbocycles. The molecule has 0 bridgehead atoms. The highest BCUT2D eigenvalue weighted by molar-refractivity contribution is 5.93. The maximum Gasteiger partial charge on any atom is 0.249 e. The van der Waals surface area contributed by atoms with Crippen molar-refractivity contribution in [2.24, 2.45) is 5.92 Å². The van der Waals surface area contributed by atoms with Crippen molar-refractivity contribution in [3.8, 4) is 0 Å². The first kappa shape index (κ1) is 18.5. The van der Waals surface area contributed by atoms with Crippen LogP contribution in [-0.4, -0.2) is 24.5 Å². The fourth-order valence-electron chi connectivity index (χ4n) is 2.64. The van der Waals surface area contributed by atoms with Gasteiger partial charge in [0.15, 0.2) is 0 Å². The summed E-state index contributed by atoms with van der Waals surface area (Å²) in [5.74, 6) is 0.524. The van der Waals surface area contributed by atoms with E-state index in [1.165, 1.54) is 0 Å². The normalized spacial score (nSPS) is 16.3. The Morgan fingerprint density at radius 1 is 1.25 bits per heavy atom. The molecule has 2 atom stereocenters. The first-order valence-corrected chi connectivity index (χ1v) is 8.71. The molecular weight excluding hydrogens is 304 g/mol. The number of hydrogen-bond acceptors (Lipinski definition) is 3. The van der Waals surface area contributed by atoms with Crippen molar-refractivity contribution in [2.45, 2.75) is 59.1 Å². The SMILES string of the molecule is CC(C)CCO[C@H](C)C(=O)N[C@@H](C)c1ccc2c(c1)CCC(=O)N2. The maximum absolute atomic E-state index is 12.2. The molecule has 0 unspecified atom stereocenters. The molecule has 24 heavy (non-hydrogen) atoms. The van der Waals surface area contributed by atoms with Gasteiger partial charge in [-0.15, -0.1) is 0 Å². The number of amides is 2. The number of carbonyl (C=O) groups is 2. The Morgan fingerprint density at radius 3 is 2.71 bits per heavy atom. The number of carbonyl (C=O) groups excluding carboxylic acids is 2. The quantitative estimate of drug-likeness (QED) is 0.806. The molecule has 0 saturated carbocycles. The van der Waals surface area contributed by atoms with Crippen LogP contribution in [0.5, 0.6) is 0 Å². The maximum atomic E-state index is 12.2. The predicted octanol–water partition coefficient (Wildman–Crippen LogP) is 3.20. The lowest BCUT2D eigenvalue weighted by Gasteiger charge is -2.22. The van der Waals surface area contributed by atoms with E-state index < -0.39 is 6.10 Å². The molecule has 2 rings (SSSR count). The fraction of sp³-hybridized carbons (Fsp3) is 0.579. The van der Waals surface area contributed by atoms with Crippen molar-refractivity contribution in [3.05, 3.63) is 29.3 Å². The summed E-state index contributed by atoms with van der Waals surface area (Å²) in [6.45, 7) is 8.61. The highest BCUT2D eigenvalue weighted by Crippen LogP contribution is 2.26. The Balaban J connectivity index is 1.91. The van der Waals surface area contributed by atoms with Crippen molar-refractivity contribution in [1.82, 2.24) is 5.32 Å². The molecular formula is C19H28N2O3. The van der Waals surface area contributed by atoms with Crippen LogP contribution in [0.3, 0.4) is 0 Å². The van der Waals surface area contributed by atoms with E-state index >= 15 is 0 Å². The Labute approximate surface area is 144 Å². The summed E-state index contributed by atoms with van der Waals surface area (Å²) in [5.41, 5.74) is 3.03. The van der Waals surface area contributed by atoms with E-state index in [-0.39, 0.29) is 17.9 Å². The van der Waals surface area contributed by atoms with Gasteiger partial charge in [0, 0.05) is 18.7 Å². The summed E-state index contributed by atoms with van der Waals surface area (Å²) in [5, 5.41) is 5.87. The third-order valence-electron chi connectivity index (χ3n) is 4.32. The number of rotatable bonds is 7. The second-order valence-corrected chi connectivity index (χ2v) is 6.89. The minimum atomic E-state index is -0.455. The number of anilines is 1. The zero-order chi connectivity index (χ0) is 17.7. The molecule has 1 heterocycles. The smallest absolute Gasteiger partial charge is 0.249 e. The molecule has 5 heteroatoms. The zero-order valence-electron chi connectivity index (χ0n) is 15.0. The summed E-state index contributed by atoms with van der Waals surface area (Å²) >= 11 is 0. The molecule has 0 fully saturated rings. The zero-order valence-corrected chi connectivity index (χ0v) is 15.0. The van der Waals surface area contributed by atoms with Crippen molar-refractivity contribution < 1.29 is 14.3 Å². The molecule has 0 radical (unpaired) electrons. The van der Waals surface area contributed by atoms with Crippen LogP contribution in [0.25, 0.3) is 0 Å². The van der Waals surface area contributed by atoms with Crippen LogP contribution in [-0.2, 0) is 20.7 Å². The van der Waals surface area contributed by atoms with Crippen molar-refractivity contribution in [3.63, 3.8) is 0 Å². The van der Waals surface area contributed by atoms with Crippen LogP contribution >= 0.6 is 0 Å². The molecule has 1 aromatic carbocycles. The molecule has 2 amide bonds. The molecule has 2 N–H and O–H groups in total. The van der Waals surface area contributed by atoms with E-state index in [1.807, 2.05) is 19.1 Å². The third kappa shape index (κ3) is 5.06. The van der Waals surface area contributed by atoms with E-state index in [0.717, 1.165) is 29.7 Å². The summed E-state index contributed by atoms with van der Waals surface area (Å²) in [6.07, 6.45) is 1.74. The topological polar surface area (TPSA) is 67.4 Å². The average Bonchev–Trinajstić information content (AvgIpc) is 2.53. The van der Waals surface area contributed by atoms with Gasteiger partial charge in [-0.25, -0.2) is 0 Å². The number of nitrogens with one attached hydrogen (secondary N) is 2. The molecule has 0 aromatic heterocycles. The molecule has 5 nitrogen and oxygen atoms in total. The van der Waals surface area contributed by atoms with E-state index in [9.17, 15) is 9.59 Å². The van der Waals surface area contributed by atoms with Crippen LogP contribution in [0.15, 0.2) is 18.2 Å². The second kappa shape index (κ2) is 8.29. The molecule has 1 aromatic rings. The van der Waals surface area contributed by atoms with Crippen LogP contribution in [0.2, 0.25) is 0 Å². The summed E-state index contributed by atoms with van der Waals surface area (Å²) in [7, 11) is 0. The summed E-state index contributed by atoms with van der Waals surface area (Å²) in [6, 6.07) is 5.81. The number of benzene rings is 1. The molecule has 1 aliphatic heterocycles. The van der Waals surface area contributed by atoms with Crippen LogP contribution < -0.4 is 10.6 Å². The minimum absolute atomic E-state index is 0.0592. The van der Waals surface area contributed by atoms with Crippen molar-refractivity contribution >= 4 is 17.5 Å². The van der Waals surface area contributed by atoms with Crippen molar-refractivity contribution in [2.75, 3.05) is 11.9 Å². The Hall–Kier alpha value is -1.88. The fourth-order valence-corrected chi connectivity index (χ4v) is 2.64. The summed E-state index contributed by atoms with van der Waals surface area (Å²) < 4.78 is 5.59.